The lowest BCUT2D eigenvalue weighted by atomic mass is 9.83. The molecule has 0 bridgehead atoms. The maximum Gasteiger partial charge on any atom is 0.157 e. The van der Waals surface area contributed by atoms with Gasteiger partial charge in [-0.3, -0.25) is 4.99 Å². The van der Waals surface area contributed by atoms with Crippen molar-refractivity contribution in [1.29, 1.82) is 0 Å². The summed E-state index contributed by atoms with van der Waals surface area (Å²) in [5, 5.41) is 5.11. The molecule has 3 saturated carbocycles. The highest BCUT2D eigenvalue weighted by atomic mass is 32.2. The number of amidine groups is 1. The van der Waals surface area contributed by atoms with Gasteiger partial charge in [-0.1, -0.05) is 31.0 Å². The molecule has 0 unspecified atom stereocenters. The first-order valence-electron chi connectivity index (χ1n) is 7.83. The van der Waals surface area contributed by atoms with E-state index in [-0.39, 0.29) is 0 Å². The first-order valence-corrected chi connectivity index (χ1v) is 8.82. The number of aliphatic imine (C=N–C) groups is 1. The van der Waals surface area contributed by atoms with Crippen molar-refractivity contribution in [2.45, 2.75) is 69.4 Å². The van der Waals surface area contributed by atoms with E-state index >= 15 is 0 Å². The molecule has 1 heterocycles. The van der Waals surface area contributed by atoms with Crippen LogP contribution in [-0.2, 0) is 0 Å². The van der Waals surface area contributed by atoms with E-state index in [1.165, 1.54) is 68.7 Å². The lowest BCUT2D eigenvalue weighted by Crippen LogP contribution is -2.45. The molecule has 1 N–H and O–H groups in total. The van der Waals surface area contributed by atoms with Crippen LogP contribution in [-0.4, -0.2) is 22.5 Å². The highest BCUT2D eigenvalue weighted by molar-refractivity contribution is 8.14. The summed E-state index contributed by atoms with van der Waals surface area (Å²) in [5.41, 5.74) is 0.430. The molecule has 2 nitrogen and oxygen atoms in total. The third-order valence-corrected chi connectivity index (χ3v) is 6.32. The molecule has 1 spiro atoms. The van der Waals surface area contributed by atoms with Crippen LogP contribution in [0.1, 0.15) is 57.8 Å². The Morgan fingerprint density at radius 2 is 1.72 bits per heavy atom. The molecule has 4 aliphatic rings. The third kappa shape index (κ3) is 2.31. The van der Waals surface area contributed by atoms with Crippen LogP contribution < -0.4 is 5.32 Å². The molecular formula is C15H24N2S. The van der Waals surface area contributed by atoms with Gasteiger partial charge in [0.1, 0.15) is 0 Å². The topological polar surface area (TPSA) is 24.4 Å². The van der Waals surface area contributed by atoms with E-state index in [0.717, 1.165) is 11.8 Å². The van der Waals surface area contributed by atoms with Crippen LogP contribution in [0.2, 0.25) is 0 Å². The Morgan fingerprint density at radius 3 is 2.33 bits per heavy atom. The summed E-state index contributed by atoms with van der Waals surface area (Å²) in [5.74, 6) is 3.15. The molecule has 0 aromatic heterocycles. The molecule has 0 radical (unpaired) electrons. The van der Waals surface area contributed by atoms with E-state index in [9.17, 15) is 0 Å². The summed E-state index contributed by atoms with van der Waals surface area (Å²) in [6, 6.07) is 0.679. The Labute approximate surface area is 114 Å². The van der Waals surface area contributed by atoms with Gasteiger partial charge in [-0.2, -0.15) is 0 Å². The third-order valence-electron chi connectivity index (χ3n) is 5.14. The Bertz CT molecular complexity index is 340. The first-order chi connectivity index (χ1) is 8.85. The van der Waals surface area contributed by atoms with Crippen LogP contribution >= 0.6 is 11.8 Å². The first kappa shape index (κ1) is 11.6. The van der Waals surface area contributed by atoms with Gasteiger partial charge in [0.25, 0.3) is 0 Å². The van der Waals surface area contributed by atoms with Crippen LogP contribution in [0.4, 0.5) is 0 Å². The lowest BCUT2D eigenvalue weighted by molar-refractivity contribution is 0.303. The summed E-state index contributed by atoms with van der Waals surface area (Å²) >= 11 is 2.01. The van der Waals surface area contributed by atoms with Crippen LogP contribution in [0.25, 0.3) is 0 Å². The summed E-state index contributed by atoms with van der Waals surface area (Å²) in [6.45, 7) is 0. The average molecular weight is 264 g/mol. The molecule has 18 heavy (non-hydrogen) atoms. The van der Waals surface area contributed by atoms with E-state index in [4.69, 9.17) is 4.99 Å². The molecule has 3 heteroatoms. The molecule has 1 aliphatic heterocycles. The van der Waals surface area contributed by atoms with E-state index in [0.29, 0.717) is 11.6 Å². The monoisotopic (exact) mass is 264 g/mol. The summed E-state index contributed by atoms with van der Waals surface area (Å²) in [4.78, 5) is 5.12. The minimum Gasteiger partial charge on any atom is -0.359 e. The molecule has 3 aliphatic carbocycles. The van der Waals surface area contributed by atoms with Crippen molar-refractivity contribution in [2.24, 2.45) is 16.8 Å². The number of thioether (sulfide) groups is 1. The normalized spacial score (nSPS) is 33.3. The summed E-state index contributed by atoms with van der Waals surface area (Å²) in [7, 11) is 0. The van der Waals surface area contributed by atoms with Crippen LogP contribution in [0.5, 0.6) is 0 Å². The summed E-state index contributed by atoms with van der Waals surface area (Å²) < 4.78 is 0. The van der Waals surface area contributed by atoms with Gasteiger partial charge in [0.2, 0.25) is 0 Å². The largest absolute Gasteiger partial charge is 0.359 e. The molecule has 4 fully saturated rings. The van der Waals surface area contributed by atoms with Gasteiger partial charge in [-0.25, -0.2) is 0 Å². The van der Waals surface area contributed by atoms with Crippen molar-refractivity contribution < 1.29 is 0 Å². The fourth-order valence-corrected chi connectivity index (χ4v) is 4.94. The minimum atomic E-state index is 0.430. The van der Waals surface area contributed by atoms with E-state index < -0.39 is 0 Å². The van der Waals surface area contributed by atoms with E-state index in [1.807, 2.05) is 11.8 Å². The fourth-order valence-electron chi connectivity index (χ4n) is 3.68. The highest BCUT2D eigenvalue weighted by Crippen LogP contribution is 2.47. The van der Waals surface area contributed by atoms with Crippen molar-refractivity contribution in [3.05, 3.63) is 0 Å². The van der Waals surface area contributed by atoms with Crippen LogP contribution in [0.3, 0.4) is 0 Å². The highest BCUT2D eigenvalue weighted by Gasteiger charge is 2.43. The van der Waals surface area contributed by atoms with E-state index in [1.54, 1.807) is 0 Å². The summed E-state index contributed by atoms with van der Waals surface area (Å²) in [6.07, 6.45) is 12.8. The fraction of sp³-hybridized carbons (Fsp3) is 0.933. The molecule has 0 aromatic carbocycles. The number of rotatable bonds is 3. The van der Waals surface area contributed by atoms with Crippen molar-refractivity contribution in [3.8, 4) is 0 Å². The van der Waals surface area contributed by atoms with Crippen molar-refractivity contribution in [2.75, 3.05) is 5.75 Å². The Hall–Kier alpha value is -0.180. The van der Waals surface area contributed by atoms with Crippen LogP contribution in [0, 0.1) is 11.8 Å². The smallest absolute Gasteiger partial charge is 0.157 e. The van der Waals surface area contributed by atoms with Gasteiger partial charge in [0.05, 0.1) is 6.04 Å². The molecule has 0 aromatic rings. The number of hydrogen-bond acceptors (Lipinski definition) is 2. The van der Waals surface area contributed by atoms with Gasteiger partial charge < -0.3 is 5.32 Å². The van der Waals surface area contributed by atoms with Gasteiger partial charge in [-0.05, 0) is 50.4 Å². The average Bonchev–Trinajstić information content (AvgIpc) is 3.28. The minimum absolute atomic E-state index is 0.430. The van der Waals surface area contributed by atoms with Gasteiger partial charge >= 0.3 is 0 Å². The second kappa shape index (κ2) is 4.43. The quantitative estimate of drug-likeness (QED) is 0.842. The molecule has 0 amide bonds. The number of nitrogens with one attached hydrogen (secondary N) is 1. The maximum absolute atomic E-state index is 5.12. The zero-order valence-electron chi connectivity index (χ0n) is 11.2. The number of hydrogen-bond donors (Lipinski definition) is 1. The van der Waals surface area contributed by atoms with Crippen molar-refractivity contribution in [3.63, 3.8) is 0 Å². The van der Waals surface area contributed by atoms with Gasteiger partial charge in [0.15, 0.2) is 5.17 Å². The SMILES string of the molecule is C1CCC2(CC1)CSC(=NC(C1CC1)C1CC1)N2. The zero-order chi connectivity index (χ0) is 12.0. The second-order valence-corrected chi connectivity index (χ2v) is 7.82. The molecule has 1 saturated heterocycles. The molecule has 0 atom stereocenters. The van der Waals surface area contributed by atoms with Crippen LogP contribution in [0.15, 0.2) is 4.99 Å². The Morgan fingerprint density at radius 1 is 1.06 bits per heavy atom. The lowest BCUT2D eigenvalue weighted by Gasteiger charge is -2.32. The van der Waals surface area contributed by atoms with Crippen molar-refractivity contribution >= 4 is 16.9 Å². The molecule has 100 valence electrons. The number of nitrogens with zero attached hydrogens (tertiary/aromatic N) is 1. The Kier molecular flexibility index (Phi) is 2.86. The van der Waals surface area contributed by atoms with E-state index in [2.05, 4.69) is 5.32 Å². The maximum atomic E-state index is 5.12. The molecule has 4 rings (SSSR count). The standard InChI is InChI=1S/C15H24N2S/c1-2-8-15(9-3-1)10-18-14(17-15)16-13(11-4-5-11)12-6-7-12/h11-13H,1-10H2,(H,16,17). The Balaban J connectivity index is 1.45. The second-order valence-electron chi connectivity index (χ2n) is 6.85. The predicted octanol–water partition coefficient (Wildman–Crippen LogP) is 3.57. The van der Waals surface area contributed by atoms with Crippen molar-refractivity contribution in [1.82, 2.24) is 5.32 Å². The van der Waals surface area contributed by atoms with Gasteiger partial charge in [0, 0.05) is 11.3 Å². The predicted molar refractivity (Wildman–Crippen MR) is 78.1 cm³/mol. The van der Waals surface area contributed by atoms with Gasteiger partial charge in [-0.15, -0.1) is 0 Å². The zero-order valence-corrected chi connectivity index (χ0v) is 12.0. The molecular weight excluding hydrogens is 240 g/mol.